The number of ether oxygens (including phenoxy) is 1. The van der Waals surface area contributed by atoms with Gasteiger partial charge in [0.15, 0.2) is 0 Å². The molecule has 1 rings (SSSR count). The molecule has 58 valence electrons. The van der Waals surface area contributed by atoms with Gasteiger partial charge in [-0.1, -0.05) is 0 Å². The maximum absolute atomic E-state index is 5.10. The molecule has 0 bridgehead atoms. The molecular weight excluding hydrogens is 126 g/mol. The zero-order valence-corrected chi connectivity index (χ0v) is 6.92. The van der Waals surface area contributed by atoms with Gasteiger partial charge in [0.05, 0.1) is 6.10 Å². The van der Waals surface area contributed by atoms with Gasteiger partial charge in [-0.15, -0.1) is 0 Å². The summed E-state index contributed by atoms with van der Waals surface area (Å²) in [6.07, 6.45) is 2.40. The van der Waals surface area contributed by atoms with E-state index < -0.39 is 0 Å². The summed E-state index contributed by atoms with van der Waals surface area (Å²) in [6.45, 7) is 6.62. The molecule has 0 radical (unpaired) electrons. The molecule has 2 nitrogen and oxygen atoms in total. The van der Waals surface area contributed by atoms with E-state index in [1.165, 1.54) is 18.8 Å². The third kappa shape index (κ3) is 2.03. The Balaban J connectivity index is 2.35. The van der Waals surface area contributed by atoms with E-state index in [0.717, 1.165) is 0 Å². The lowest BCUT2D eigenvalue weighted by atomic mass is 10.3. The van der Waals surface area contributed by atoms with Crippen LogP contribution in [-0.2, 0) is 4.74 Å². The Morgan fingerprint density at radius 3 is 2.60 bits per heavy atom. The fourth-order valence-corrected chi connectivity index (χ4v) is 0.916. The fourth-order valence-electron chi connectivity index (χ4n) is 0.916. The summed E-state index contributed by atoms with van der Waals surface area (Å²) in [5, 5.41) is 0. The summed E-state index contributed by atoms with van der Waals surface area (Å²) in [5.74, 6) is 0. The largest absolute Gasteiger partial charge is 0.378 e. The van der Waals surface area contributed by atoms with Crippen molar-refractivity contribution in [3.8, 4) is 0 Å². The van der Waals surface area contributed by atoms with E-state index in [1.807, 2.05) is 6.92 Å². The van der Waals surface area contributed by atoms with Crippen LogP contribution in [0.3, 0.4) is 0 Å². The molecule has 1 heterocycles. The number of nitrogens with zero attached hydrogens (tertiary/aromatic N) is 1. The van der Waals surface area contributed by atoms with Gasteiger partial charge >= 0.3 is 0 Å². The van der Waals surface area contributed by atoms with Crippen LogP contribution in [0.15, 0.2) is 11.8 Å². The zero-order valence-electron chi connectivity index (χ0n) is 6.92. The maximum atomic E-state index is 5.10. The standard InChI is InChI=1S/C8H15NO/c1-7(9-4-5-9)6-8(2)10-3/h6,8H,4-5H2,1-3H3/b7-6-/t8-/m1/s1. The molecule has 1 aliphatic heterocycles. The van der Waals surface area contributed by atoms with Gasteiger partial charge in [0.2, 0.25) is 0 Å². The number of rotatable bonds is 3. The van der Waals surface area contributed by atoms with Gasteiger partial charge in [0.25, 0.3) is 0 Å². The molecular formula is C8H15NO. The Hall–Kier alpha value is -0.500. The molecule has 0 aromatic heterocycles. The third-order valence-corrected chi connectivity index (χ3v) is 1.79. The van der Waals surface area contributed by atoms with Gasteiger partial charge < -0.3 is 9.64 Å². The molecule has 1 saturated heterocycles. The predicted octanol–water partition coefficient (Wildman–Crippen LogP) is 1.24. The van der Waals surface area contributed by atoms with E-state index in [2.05, 4.69) is 17.9 Å². The molecule has 0 spiro atoms. The van der Waals surface area contributed by atoms with Crippen molar-refractivity contribution >= 4 is 0 Å². The summed E-state index contributed by atoms with van der Waals surface area (Å²) in [5.41, 5.74) is 1.34. The molecule has 2 heteroatoms. The second-order valence-corrected chi connectivity index (χ2v) is 2.74. The van der Waals surface area contributed by atoms with Crippen molar-refractivity contribution in [3.05, 3.63) is 11.8 Å². The number of allylic oxidation sites excluding steroid dienone is 1. The minimum Gasteiger partial charge on any atom is -0.378 e. The Bertz CT molecular complexity index is 138. The molecule has 0 N–H and O–H groups in total. The average molecular weight is 141 g/mol. The topological polar surface area (TPSA) is 12.2 Å². The lowest BCUT2D eigenvalue weighted by molar-refractivity contribution is 0.155. The lowest BCUT2D eigenvalue weighted by Gasteiger charge is -2.06. The van der Waals surface area contributed by atoms with E-state index >= 15 is 0 Å². The van der Waals surface area contributed by atoms with Gasteiger partial charge in [-0.05, 0) is 19.9 Å². The van der Waals surface area contributed by atoms with Crippen molar-refractivity contribution in [1.29, 1.82) is 0 Å². The summed E-state index contributed by atoms with van der Waals surface area (Å²) in [6, 6.07) is 0. The molecule has 0 amide bonds. The van der Waals surface area contributed by atoms with Gasteiger partial charge in [-0.25, -0.2) is 0 Å². The van der Waals surface area contributed by atoms with Crippen molar-refractivity contribution in [2.45, 2.75) is 20.0 Å². The lowest BCUT2D eigenvalue weighted by Crippen LogP contribution is -2.03. The van der Waals surface area contributed by atoms with Crippen molar-refractivity contribution < 1.29 is 4.74 Å². The van der Waals surface area contributed by atoms with Crippen LogP contribution in [0.1, 0.15) is 13.8 Å². The van der Waals surface area contributed by atoms with Crippen LogP contribution < -0.4 is 0 Å². The monoisotopic (exact) mass is 141 g/mol. The molecule has 0 aliphatic carbocycles. The van der Waals surface area contributed by atoms with Crippen LogP contribution in [0, 0.1) is 0 Å². The summed E-state index contributed by atoms with van der Waals surface area (Å²) < 4.78 is 5.10. The first-order chi connectivity index (χ1) is 4.74. The Labute approximate surface area is 62.5 Å². The minimum atomic E-state index is 0.251. The highest BCUT2D eigenvalue weighted by Gasteiger charge is 2.17. The SMILES string of the molecule is CO[C@H](C)/C=C(/C)N1CC1. The van der Waals surface area contributed by atoms with Crippen molar-refractivity contribution in [2.75, 3.05) is 20.2 Å². The number of hydrogen-bond acceptors (Lipinski definition) is 2. The molecule has 1 aliphatic rings. The molecule has 1 atom stereocenters. The molecule has 10 heavy (non-hydrogen) atoms. The quantitative estimate of drug-likeness (QED) is 0.548. The highest BCUT2D eigenvalue weighted by Crippen LogP contribution is 2.14. The Morgan fingerprint density at radius 2 is 2.20 bits per heavy atom. The first-order valence-electron chi connectivity index (χ1n) is 3.70. The van der Waals surface area contributed by atoms with E-state index in [-0.39, 0.29) is 6.10 Å². The Kier molecular flexibility index (Phi) is 2.33. The molecule has 1 fully saturated rings. The van der Waals surface area contributed by atoms with Crippen LogP contribution in [0.25, 0.3) is 0 Å². The van der Waals surface area contributed by atoms with Crippen LogP contribution in [0.4, 0.5) is 0 Å². The van der Waals surface area contributed by atoms with Crippen LogP contribution >= 0.6 is 0 Å². The van der Waals surface area contributed by atoms with E-state index in [1.54, 1.807) is 7.11 Å². The first kappa shape index (κ1) is 7.61. The van der Waals surface area contributed by atoms with Crippen LogP contribution in [0.5, 0.6) is 0 Å². The summed E-state index contributed by atoms with van der Waals surface area (Å²) >= 11 is 0. The molecule has 0 aromatic rings. The van der Waals surface area contributed by atoms with Crippen molar-refractivity contribution in [3.63, 3.8) is 0 Å². The maximum Gasteiger partial charge on any atom is 0.0743 e. The second-order valence-electron chi connectivity index (χ2n) is 2.74. The smallest absolute Gasteiger partial charge is 0.0743 e. The first-order valence-corrected chi connectivity index (χ1v) is 3.70. The summed E-state index contributed by atoms with van der Waals surface area (Å²) in [7, 11) is 1.73. The highest BCUT2D eigenvalue weighted by molar-refractivity contribution is 5.05. The number of hydrogen-bond donors (Lipinski definition) is 0. The average Bonchev–Trinajstić information content (AvgIpc) is 2.68. The van der Waals surface area contributed by atoms with Crippen LogP contribution in [-0.4, -0.2) is 31.2 Å². The minimum absolute atomic E-state index is 0.251. The fraction of sp³-hybridized carbons (Fsp3) is 0.750. The predicted molar refractivity (Wildman–Crippen MR) is 41.8 cm³/mol. The molecule has 0 unspecified atom stereocenters. The van der Waals surface area contributed by atoms with Gasteiger partial charge in [0, 0.05) is 25.9 Å². The normalized spacial score (nSPS) is 21.1. The van der Waals surface area contributed by atoms with E-state index in [4.69, 9.17) is 4.74 Å². The molecule has 0 saturated carbocycles. The highest BCUT2D eigenvalue weighted by atomic mass is 16.5. The van der Waals surface area contributed by atoms with Crippen molar-refractivity contribution in [2.24, 2.45) is 0 Å². The van der Waals surface area contributed by atoms with Crippen LogP contribution in [0.2, 0.25) is 0 Å². The Morgan fingerprint density at radius 1 is 1.60 bits per heavy atom. The van der Waals surface area contributed by atoms with Crippen molar-refractivity contribution in [1.82, 2.24) is 4.90 Å². The molecule has 0 aromatic carbocycles. The van der Waals surface area contributed by atoms with Gasteiger partial charge in [-0.3, -0.25) is 0 Å². The number of methoxy groups -OCH3 is 1. The van der Waals surface area contributed by atoms with E-state index in [9.17, 15) is 0 Å². The van der Waals surface area contributed by atoms with Gasteiger partial charge in [0.1, 0.15) is 0 Å². The van der Waals surface area contributed by atoms with Gasteiger partial charge in [-0.2, -0.15) is 0 Å². The third-order valence-electron chi connectivity index (χ3n) is 1.79. The second kappa shape index (κ2) is 3.06. The zero-order chi connectivity index (χ0) is 7.56. The summed E-state index contributed by atoms with van der Waals surface area (Å²) in [4.78, 5) is 2.32. The van der Waals surface area contributed by atoms with E-state index in [0.29, 0.717) is 0 Å².